The number of carbonyl (C=O) groups excluding carboxylic acids is 2. The number of aryl methyl sites for hydroxylation is 2. The highest BCUT2D eigenvalue weighted by Crippen LogP contribution is 2.24. The molecule has 0 unspecified atom stereocenters. The number of amides is 3. The Morgan fingerprint density at radius 1 is 1.35 bits per heavy atom. The van der Waals surface area contributed by atoms with Crippen LogP contribution in [0.3, 0.4) is 0 Å². The van der Waals surface area contributed by atoms with Crippen LogP contribution in [0.2, 0.25) is 0 Å². The number of thioether (sulfide) groups is 1. The van der Waals surface area contributed by atoms with Crippen LogP contribution in [0.1, 0.15) is 43.6 Å². The van der Waals surface area contributed by atoms with E-state index in [1.165, 1.54) is 22.2 Å². The minimum Gasteiger partial charge on any atom is -0.336 e. The average Bonchev–Trinajstić information content (AvgIpc) is 3.20. The summed E-state index contributed by atoms with van der Waals surface area (Å²) in [7, 11) is 0. The van der Waals surface area contributed by atoms with Crippen molar-refractivity contribution >= 4 is 29.5 Å². The molecule has 1 N–H and O–H groups in total. The smallest absolute Gasteiger partial charge is 0.324 e. The van der Waals surface area contributed by atoms with Crippen LogP contribution < -0.4 is 5.32 Å². The van der Waals surface area contributed by atoms with Gasteiger partial charge in [-0.2, -0.15) is 4.98 Å². The van der Waals surface area contributed by atoms with Crippen molar-refractivity contribution in [2.24, 2.45) is 0 Å². The van der Waals surface area contributed by atoms with Crippen LogP contribution in [0, 0.1) is 13.8 Å². The van der Waals surface area contributed by atoms with E-state index in [9.17, 15) is 9.59 Å². The van der Waals surface area contributed by atoms with E-state index in [1.54, 1.807) is 11.4 Å². The highest BCUT2D eigenvalue weighted by Gasteiger charge is 2.31. The lowest BCUT2D eigenvalue weighted by Gasteiger charge is -2.15. The summed E-state index contributed by atoms with van der Waals surface area (Å²) in [5.74, 6) is 0.315. The highest BCUT2D eigenvalue weighted by molar-refractivity contribution is 8.00. The van der Waals surface area contributed by atoms with Gasteiger partial charge in [-0.05, 0) is 39.2 Å². The summed E-state index contributed by atoms with van der Waals surface area (Å²) in [5, 5.41) is 7.21. The monoisotopic (exact) mass is 376 g/mol. The maximum absolute atomic E-state index is 12.4. The molecule has 0 bridgehead atoms. The lowest BCUT2D eigenvalue weighted by atomic mass is 10.1. The standard InChI is InChI=1S/C17H24N6O2S/c1-5-6-7-13-10(2)19-15-20-16(21-23(15)11(13)3)26-12(4)14(24)22-9-8-18-17(22)25/h12H,5-9H2,1-4H3,(H,18,25)/t12-/m1/s1. The molecule has 3 rings (SSSR count). The molecular formula is C17H24N6O2S. The van der Waals surface area contributed by atoms with Crippen LogP contribution in [0.15, 0.2) is 5.16 Å². The fraction of sp³-hybridized carbons (Fsp3) is 0.588. The summed E-state index contributed by atoms with van der Waals surface area (Å²) < 4.78 is 1.75. The van der Waals surface area contributed by atoms with E-state index in [0.29, 0.717) is 24.0 Å². The molecule has 2 aromatic rings. The zero-order valence-electron chi connectivity index (χ0n) is 15.6. The van der Waals surface area contributed by atoms with E-state index in [2.05, 4.69) is 27.3 Å². The Morgan fingerprint density at radius 3 is 2.77 bits per heavy atom. The Kier molecular flexibility index (Phi) is 5.45. The van der Waals surface area contributed by atoms with Gasteiger partial charge in [0.05, 0.1) is 5.25 Å². The Bertz CT molecular complexity index is 849. The number of imide groups is 1. The van der Waals surface area contributed by atoms with Crippen molar-refractivity contribution < 1.29 is 9.59 Å². The van der Waals surface area contributed by atoms with Crippen LogP contribution in [0.5, 0.6) is 0 Å². The van der Waals surface area contributed by atoms with Crippen LogP contribution in [0.25, 0.3) is 5.78 Å². The third kappa shape index (κ3) is 3.53. The topological polar surface area (TPSA) is 92.5 Å². The van der Waals surface area contributed by atoms with Crippen molar-refractivity contribution in [1.82, 2.24) is 29.8 Å². The van der Waals surface area contributed by atoms with Crippen molar-refractivity contribution in [3.8, 4) is 0 Å². The molecule has 140 valence electrons. The van der Waals surface area contributed by atoms with Crippen LogP contribution in [-0.2, 0) is 11.2 Å². The number of aromatic nitrogens is 4. The first-order chi connectivity index (χ1) is 12.4. The molecule has 0 aromatic carbocycles. The van der Waals surface area contributed by atoms with Gasteiger partial charge in [-0.25, -0.2) is 14.3 Å². The molecule has 2 aromatic heterocycles. The predicted octanol–water partition coefficient (Wildman–Crippen LogP) is 2.12. The number of urea groups is 1. The predicted molar refractivity (Wildman–Crippen MR) is 99.3 cm³/mol. The number of fused-ring (bicyclic) bond motifs is 1. The summed E-state index contributed by atoms with van der Waals surface area (Å²) >= 11 is 1.25. The van der Waals surface area contributed by atoms with Gasteiger partial charge >= 0.3 is 6.03 Å². The summed E-state index contributed by atoms with van der Waals surface area (Å²) in [5.41, 5.74) is 3.22. The largest absolute Gasteiger partial charge is 0.336 e. The van der Waals surface area contributed by atoms with Crippen molar-refractivity contribution in [3.63, 3.8) is 0 Å². The lowest BCUT2D eigenvalue weighted by Crippen LogP contribution is -2.38. The normalized spacial score (nSPS) is 15.5. The molecule has 0 radical (unpaired) electrons. The van der Waals surface area contributed by atoms with Gasteiger partial charge in [0.2, 0.25) is 11.1 Å². The first kappa shape index (κ1) is 18.6. The summed E-state index contributed by atoms with van der Waals surface area (Å²) in [6, 6.07) is -0.334. The molecule has 0 saturated carbocycles. The number of hydrogen-bond acceptors (Lipinski definition) is 6. The van der Waals surface area contributed by atoms with E-state index >= 15 is 0 Å². The molecule has 1 aliphatic heterocycles. The first-order valence-corrected chi connectivity index (χ1v) is 9.79. The van der Waals surface area contributed by atoms with Gasteiger partial charge in [-0.3, -0.25) is 9.69 Å². The van der Waals surface area contributed by atoms with E-state index in [4.69, 9.17) is 0 Å². The van der Waals surface area contributed by atoms with Gasteiger partial charge < -0.3 is 5.32 Å². The van der Waals surface area contributed by atoms with Crippen molar-refractivity contribution in [3.05, 3.63) is 17.0 Å². The van der Waals surface area contributed by atoms with Crippen LogP contribution >= 0.6 is 11.8 Å². The molecule has 3 amide bonds. The number of nitrogens with zero attached hydrogens (tertiary/aromatic N) is 5. The van der Waals surface area contributed by atoms with Gasteiger partial charge in [-0.1, -0.05) is 25.1 Å². The van der Waals surface area contributed by atoms with Crippen molar-refractivity contribution in [1.29, 1.82) is 0 Å². The van der Waals surface area contributed by atoms with Gasteiger partial charge in [-0.15, -0.1) is 5.10 Å². The molecule has 1 saturated heterocycles. The molecular weight excluding hydrogens is 352 g/mol. The Morgan fingerprint density at radius 2 is 2.12 bits per heavy atom. The second kappa shape index (κ2) is 7.61. The van der Waals surface area contributed by atoms with Crippen LogP contribution in [-0.4, -0.2) is 54.8 Å². The first-order valence-electron chi connectivity index (χ1n) is 8.91. The van der Waals surface area contributed by atoms with E-state index in [1.807, 2.05) is 13.8 Å². The third-order valence-corrected chi connectivity index (χ3v) is 5.50. The number of nitrogens with one attached hydrogen (secondary N) is 1. The maximum Gasteiger partial charge on any atom is 0.324 e. The zero-order valence-corrected chi connectivity index (χ0v) is 16.4. The molecule has 26 heavy (non-hydrogen) atoms. The highest BCUT2D eigenvalue weighted by atomic mass is 32.2. The number of hydrogen-bond donors (Lipinski definition) is 1. The Labute approximate surface area is 156 Å². The van der Waals surface area contributed by atoms with Gasteiger partial charge in [0.15, 0.2) is 0 Å². The van der Waals surface area contributed by atoms with E-state index < -0.39 is 5.25 Å². The molecule has 1 fully saturated rings. The lowest BCUT2D eigenvalue weighted by molar-refractivity contribution is -0.126. The summed E-state index contributed by atoms with van der Waals surface area (Å²) in [6.45, 7) is 8.86. The van der Waals surface area contributed by atoms with Gasteiger partial charge in [0.1, 0.15) is 0 Å². The number of unbranched alkanes of at least 4 members (excludes halogenated alkanes) is 1. The van der Waals surface area contributed by atoms with Crippen molar-refractivity contribution in [2.45, 2.75) is 57.4 Å². The minimum atomic E-state index is -0.447. The average molecular weight is 376 g/mol. The fourth-order valence-corrected chi connectivity index (χ4v) is 3.87. The molecule has 0 aliphatic carbocycles. The number of carbonyl (C=O) groups is 2. The third-order valence-electron chi connectivity index (χ3n) is 4.56. The Balaban J connectivity index is 1.81. The molecule has 1 atom stereocenters. The molecule has 1 aliphatic rings. The number of rotatable bonds is 6. The molecule has 9 heteroatoms. The summed E-state index contributed by atoms with van der Waals surface area (Å²) in [4.78, 5) is 34.4. The maximum atomic E-state index is 12.4. The van der Waals surface area contributed by atoms with Gasteiger partial charge in [0.25, 0.3) is 5.78 Å². The summed E-state index contributed by atoms with van der Waals surface area (Å²) in [6.07, 6.45) is 3.20. The van der Waals surface area contributed by atoms with Crippen molar-refractivity contribution in [2.75, 3.05) is 13.1 Å². The molecule has 3 heterocycles. The fourth-order valence-electron chi connectivity index (χ4n) is 3.07. The second-order valence-electron chi connectivity index (χ2n) is 6.45. The van der Waals surface area contributed by atoms with E-state index in [-0.39, 0.29) is 11.9 Å². The van der Waals surface area contributed by atoms with Crippen LogP contribution in [0.4, 0.5) is 4.79 Å². The minimum absolute atomic E-state index is 0.228. The Hall–Kier alpha value is -2.16. The molecule has 8 nitrogen and oxygen atoms in total. The second-order valence-corrected chi connectivity index (χ2v) is 7.76. The quantitative estimate of drug-likeness (QED) is 0.776. The van der Waals surface area contributed by atoms with E-state index in [0.717, 1.165) is 30.7 Å². The molecule has 0 spiro atoms. The van der Waals surface area contributed by atoms with Gasteiger partial charge in [0, 0.05) is 24.5 Å². The SMILES string of the molecule is CCCCc1c(C)nc2nc(S[C@H](C)C(=O)N3CCNC3=O)nn2c1C. The zero-order chi connectivity index (χ0) is 18.8.